The van der Waals surface area contributed by atoms with Crippen LogP contribution in [0.4, 0.5) is 0 Å². The first kappa shape index (κ1) is 27.6. The van der Waals surface area contributed by atoms with Gasteiger partial charge in [-0.2, -0.15) is 0 Å². The highest BCUT2D eigenvalue weighted by Gasteiger charge is 2.32. The number of carbonyl (C=O) groups is 2. The van der Waals surface area contributed by atoms with Crippen LogP contribution in [-0.4, -0.2) is 34.9 Å². The van der Waals surface area contributed by atoms with Gasteiger partial charge in [-0.3, -0.25) is 9.59 Å². The second-order valence-corrected chi connectivity index (χ2v) is 10.6. The van der Waals surface area contributed by atoms with Crippen molar-refractivity contribution in [2.24, 2.45) is 0 Å². The van der Waals surface area contributed by atoms with Crippen LogP contribution >= 0.6 is 23.2 Å². The van der Waals surface area contributed by atoms with E-state index in [0.717, 1.165) is 11.1 Å². The van der Waals surface area contributed by atoms with E-state index < -0.39 is 11.6 Å². The number of amides is 2. The van der Waals surface area contributed by atoms with Crippen LogP contribution in [0.2, 0.25) is 10.0 Å². The molecule has 0 aliphatic heterocycles. The van der Waals surface area contributed by atoms with Gasteiger partial charge in [0.1, 0.15) is 11.8 Å². The molecule has 5 nitrogen and oxygen atoms in total. The molecule has 0 aliphatic rings. The number of aryl methyl sites for hydroxylation is 1. The van der Waals surface area contributed by atoms with E-state index in [2.05, 4.69) is 5.32 Å². The summed E-state index contributed by atoms with van der Waals surface area (Å²) in [6.07, 6.45) is 0.338. The van der Waals surface area contributed by atoms with E-state index in [1.165, 1.54) is 4.90 Å². The Labute approximate surface area is 223 Å². The summed E-state index contributed by atoms with van der Waals surface area (Å²) in [7, 11) is 0. The third-order valence-corrected chi connectivity index (χ3v) is 6.10. The lowest BCUT2D eigenvalue weighted by Gasteiger charge is -2.34. The average molecular weight is 527 g/mol. The van der Waals surface area contributed by atoms with Crippen LogP contribution in [0.25, 0.3) is 0 Å². The Balaban J connectivity index is 1.95. The molecule has 0 aliphatic carbocycles. The molecule has 7 heteroatoms. The minimum absolute atomic E-state index is 0.126. The van der Waals surface area contributed by atoms with E-state index in [-0.39, 0.29) is 25.0 Å². The summed E-state index contributed by atoms with van der Waals surface area (Å²) in [6, 6.07) is 21.4. The van der Waals surface area contributed by atoms with Crippen molar-refractivity contribution in [1.82, 2.24) is 10.2 Å². The van der Waals surface area contributed by atoms with E-state index in [0.29, 0.717) is 27.8 Å². The lowest BCUT2D eigenvalue weighted by molar-refractivity contribution is -0.143. The summed E-state index contributed by atoms with van der Waals surface area (Å²) in [6.45, 7) is 7.62. The number of nitrogens with one attached hydrogen (secondary N) is 1. The molecule has 0 bridgehead atoms. The Morgan fingerprint density at radius 2 is 1.64 bits per heavy atom. The maximum Gasteiger partial charge on any atom is 0.261 e. The zero-order chi connectivity index (χ0) is 26.3. The summed E-state index contributed by atoms with van der Waals surface area (Å²) in [4.78, 5) is 28.7. The van der Waals surface area contributed by atoms with E-state index in [9.17, 15) is 9.59 Å². The molecule has 0 radical (unpaired) electrons. The summed E-state index contributed by atoms with van der Waals surface area (Å²) in [5.41, 5.74) is 2.24. The molecular formula is C29H32Cl2N2O3. The monoisotopic (exact) mass is 526 g/mol. The van der Waals surface area contributed by atoms with E-state index in [1.807, 2.05) is 82.3 Å². The normalized spacial score (nSPS) is 12.1. The number of ether oxygens (including phenoxy) is 1. The molecular weight excluding hydrogens is 495 g/mol. The van der Waals surface area contributed by atoms with Gasteiger partial charge in [0.25, 0.3) is 5.91 Å². The quantitative estimate of drug-likeness (QED) is 0.359. The van der Waals surface area contributed by atoms with Crippen LogP contribution in [0.15, 0.2) is 72.8 Å². The maximum absolute atomic E-state index is 13.6. The second kappa shape index (κ2) is 12.3. The average Bonchev–Trinajstić information content (AvgIpc) is 2.81. The lowest BCUT2D eigenvalue weighted by Crippen LogP contribution is -2.55. The number of hydrogen-bond donors (Lipinski definition) is 1. The van der Waals surface area contributed by atoms with Gasteiger partial charge in [0.2, 0.25) is 5.91 Å². The fraction of sp³-hybridized carbons (Fsp3) is 0.310. The van der Waals surface area contributed by atoms with Crippen molar-refractivity contribution in [3.05, 3.63) is 99.5 Å². The fourth-order valence-corrected chi connectivity index (χ4v) is 4.17. The van der Waals surface area contributed by atoms with Gasteiger partial charge in [-0.25, -0.2) is 0 Å². The van der Waals surface area contributed by atoms with Gasteiger partial charge in [-0.15, -0.1) is 0 Å². The summed E-state index contributed by atoms with van der Waals surface area (Å²) in [5.74, 6) is 0.00360. The molecule has 0 heterocycles. The maximum atomic E-state index is 13.6. The number of carbonyl (C=O) groups excluding carboxylic acids is 2. The van der Waals surface area contributed by atoms with Gasteiger partial charge >= 0.3 is 0 Å². The molecule has 0 spiro atoms. The Morgan fingerprint density at radius 1 is 0.972 bits per heavy atom. The topological polar surface area (TPSA) is 58.6 Å². The van der Waals surface area contributed by atoms with Crippen LogP contribution in [0.5, 0.6) is 5.75 Å². The minimum Gasteiger partial charge on any atom is -0.484 e. The SMILES string of the molecule is Cc1ccc(OCC(=O)N(Cc2ccc(Cl)cc2Cl)[C@H](Cc2ccccc2)C(=O)NC(C)(C)C)cc1. The lowest BCUT2D eigenvalue weighted by atomic mass is 10.0. The predicted molar refractivity (Wildman–Crippen MR) is 146 cm³/mol. The first-order chi connectivity index (χ1) is 17.0. The largest absolute Gasteiger partial charge is 0.484 e. The molecule has 0 saturated carbocycles. The summed E-state index contributed by atoms with van der Waals surface area (Å²) < 4.78 is 5.79. The number of halogens is 2. The molecule has 2 amide bonds. The summed E-state index contributed by atoms with van der Waals surface area (Å²) in [5, 5.41) is 3.96. The number of benzene rings is 3. The molecule has 0 aromatic heterocycles. The Hall–Kier alpha value is -3.02. The van der Waals surface area contributed by atoms with Crippen molar-refractivity contribution in [2.45, 2.75) is 52.2 Å². The molecule has 0 saturated heterocycles. The van der Waals surface area contributed by atoms with E-state index in [1.54, 1.807) is 18.2 Å². The zero-order valence-electron chi connectivity index (χ0n) is 21.1. The van der Waals surface area contributed by atoms with Gasteiger partial charge in [0, 0.05) is 28.5 Å². The standard InChI is InChI=1S/C29H32Cl2N2O3/c1-20-10-14-24(15-11-20)36-19-27(34)33(18-22-12-13-23(30)17-25(22)31)26(28(35)32-29(2,3)4)16-21-8-6-5-7-9-21/h5-15,17,26H,16,18-19H2,1-4H3,(H,32,35)/t26-/m1/s1. The van der Waals surface area contributed by atoms with Crippen molar-refractivity contribution in [3.8, 4) is 5.75 Å². The third-order valence-electron chi connectivity index (χ3n) is 5.51. The number of hydrogen-bond acceptors (Lipinski definition) is 3. The highest BCUT2D eigenvalue weighted by molar-refractivity contribution is 6.35. The first-order valence-corrected chi connectivity index (χ1v) is 12.6. The van der Waals surface area contributed by atoms with Crippen LogP contribution in [0.1, 0.15) is 37.5 Å². The van der Waals surface area contributed by atoms with Crippen LogP contribution in [0.3, 0.4) is 0 Å². The van der Waals surface area contributed by atoms with Crippen molar-refractivity contribution in [2.75, 3.05) is 6.61 Å². The molecule has 36 heavy (non-hydrogen) atoms. The molecule has 0 fully saturated rings. The van der Waals surface area contributed by atoms with Crippen molar-refractivity contribution in [3.63, 3.8) is 0 Å². The number of nitrogens with zero attached hydrogens (tertiary/aromatic N) is 1. The van der Waals surface area contributed by atoms with E-state index in [4.69, 9.17) is 27.9 Å². The Kier molecular flexibility index (Phi) is 9.41. The Morgan fingerprint density at radius 3 is 2.25 bits per heavy atom. The van der Waals surface area contributed by atoms with Gasteiger partial charge in [0.05, 0.1) is 0 Å². The molecule has 1 N–H and O–H groups in total. The highest BCUT2D eigenvalue weighted by Crippen LogP contribution is 2.24. The number of rotatable bonds is 9. The van der Waals surface area contributed by atoms with E-state index >= 15 is 0 Å². The second-order valence-electron chi connectivity index (χ2n) is 9.80. The van der Waals surface area contributed by atoms with Crippen molar-refractivity contribution >= 4 is 35.0 Å². The van der Waals surface area contributed by atoms with Crippen molar-refractivity contribution in [1.29, 1.82) is 0 Å². The van der Waals surface area contributed by atoms with Gasteiger partial charge in [-0.05, 0) is 63.1 Å². The highest BCUT2D eigenvalue weighted by atomic mass is 35.5. The Bertz CT molecular complexity index is 1180. The van der Waals surface area contributed by atoms with Crippen LogP contribution in [0, 0.1) is 6.92 Å². The van der Waals surface area contributed by atoms with Gasteiger partial charge < -0.3 is 15.0 Å². The van der Waals surface area contributed by atoms with Crippen LogP contribution < -0.4 is 10.1 Å². The fourth-order valence-electron chi connectivity index (χ4n) is 3.70. The van der Waals surface area contributed by atoms with Crippen molar-refractivity contribution < 1.29 is 14.3 Å². The molecule has 1 atom stereocenters. The molecule has 3 aromatic carbocycles. The molecule has 190 valence electrons. The minimum atomic E-state index is -0.785. The molecule has 0 unspecified atom stereocenters. The smallest absolute Gasteiger partial charge is 0.261 e. The third kappa shape index (κ3) is 8.28. The van der Waals surface area contributed by atoms with Crippen LogP contribution in [-0.2, 0) is 22.6 Å². The van der Waals surface area contributed by atoms with Gasteiger partial charge in [-0.1, -0.05) is 77.3 Å². The van der Waals surface area contributed by atoms with Gasteiger partial charge in [0.15, 0.2) is 6.61 Å². The zero-order valence-corrected chi connectivity index (χ0v) is 22.6. The molecule has 3 rings (SSSR count). The first-order valence-electron chi connectivity index (χ1n) is 11.8. The predicted octanol–water partition coefficient (Wildman–Crippen LogP) is 6.24. The molecule has 3 aromatic rings. The summed E-state index contributed by atoms with van der Waals surface area (Å²) >= 11 is 12.6.